The molecule has 17 rings (SSSR count). The van der Waals surface area contributed by atoms with Gasteiger partial charge in [-0.1, -0.05) is 231 Å². The van der Waals surface area contributed by atoms with Crippen LogP contribution in [-0.4, -0.2) is 4.57 Å². The van der Waals surface area contributed by atoms with E-state index in [-0.39, 0.29) is 0 Å². The molecule has 2 heterocycles. The van der Waals surface area contributed by atoms with Gasteiger partial charge in [-0.3, -0.25) is 0 Å². The van der Waals surface area contributed by atoms with Gasteiger partial charge in [0.05, 0.1) is 27.6 Å². The highest BCUT2D eigenvalue weighted by molar-refractivity contribution is 6.13. The van der Waals surface area contributed by atoms with Gasteiger partial charge >= 0.3 is 0 Å². The molecule has 76 heavy (non-hydrogen) atoms. The summed E-state index contributed by atoms with van der Waals surface area (Å²) in [6, 6.07) is 105. The fourth-order valence-corrected chi connectivity index (χ4v) is 14.6. The maximum Gasteiger partial charge on any atom is 0.0755 e. The van der Waals surface area contributed by atoms with E-state index >= 15 is 0 Å². The number of hydrogen-bond donors (Lipinski definition) is 0. The normalized spacial score (nSPS) is 15.3. The van der Waals surface area contributed by atoms with Gasteiger partial charge in [-0.25, -0.2) is 0 Å². The molecule has 2 spiro atoms. The smallest absolute Gasteiger partial charge is 0.0755 e. The molecule has 0 amide bonds. The second-order valence-corrected chi connectivity index (χ2v) is 21.0. The first-order chi connectivity index (χ1) is 37.7. The van der Waals surface area contributed by atoms with Crippen LogP contribution in [0.3, 0.4) is 0 Å². The Balaban J connectivity index is 0.912. The monoisotopic (exact) mass is 962 g/mol. The van der Waals surface area contributed by atoms with Gasteiger partial charge in [-0.2, -0.15) is 0 Å². The molecule has 1 unspecified atom stereocenters. The largest absolute Gasteiger partial charge is 0.310 e. The van der Waals surface area contributed by atoms with Crippen molar-refractivity contribution in [1.29, 1.82) is 0 Å². The van der Waals surface area contributed by atoms with E-state index in [0.29, 0.717) is 0 Å². The lowest BCUT2D eigenvalue weighted by molar-refractivity contribution is 0.748. The summed E-state index contributed by atoms with van der Waals surface area (Å²) in [6.45, 7) is 0. The van der Waals surface area contributed by atoms with Crippen LogP contribution in [0.25, 0.3) is 83.1 Å². The topological polar surface area (TPSA) is 8.17 Å². The summed E-state index contributed by atoms with van der Waals surface area (Å²) in [5.74, 6) is 0. The number of rotatable bonds is 5. The molecule has 0 radical (unpaired) electrons. The fraction of sp³-hybridized carbons (Fsp3) is 0.0270. The van der Waals surface area contributed by atoms with Crippen LogP contribution in [0.5, 0.6) is 0 Å². The van der Waals surface area contributed by atoms with Crippen molar-refractivity contribution in [2.75, 3.05) is 4.90 Å². The van der Waals surface area contributed by atoms with Crippen molar-refractivity contribution in [3.05, 3.63) is 324 Å². The lowest BCUT2D eigenvalue weighted by atomic mass is 9.65. The third-order valence-corrected chi connectivity index (χ3v) is 17.6. The molecule has 1 atom stereocenters. The highest BCUT2D eigenvalue weighted by Gasteiger charge is 2.53. The predicted molar refractivity (Wildman–Crippen MR) is 313 cm³/mol. The summed E-state index contributed by atoms with van der Waals surface area (Å²) in [4.78, 5) is 2.52. The SMILES string of the molecule is c1ccc(-c2ccc(-c3ccc(N(c4ccc5c(c4)C4(c6ccccc6-c6ccccc64)c4ccccc4-5)c4ccc5c(c4)C4(c6ccccc6-5)c5ccccc5-n5c6ccccc6c6cccc4c65)cc3)cc2)cc1. The van der Waals surface area contributed by atoms with Crippen LogP contribution in [0, 0.1) is 0 Å². The highest BCUT2D eigenvalue weighted by Crippen LogP contribution is 2.65. The minimum Gasteiger partial charge on any atom is -0.310 e. The number of aromatic nitrogens is 1. The standard InChI is InChI=1S/C74H46N2/c1-2-17-47(18-3-1)48-33-35-49(36-34-48)50-37-39-51(40-38-50)75(52-41-43-58-56-21-6-11-27-64(56)73(68(58)45-52)62-25-9-4-19-54(62)55-20-5-10-26-63(55)73)53-42-44-59-57-22-7-12-28-65(57)74(69(59)46-53)66-29-13-15-32-71(66)76-70-31-14-8-23-60(70)61-24-16-30-67(74)72(61)76/h1-46H. The second kappa shape index (κ2) is 15.4. The summed E-state index contributed by atoms with van der Waals surface area (Å²) in [5.41, 5.74) is 29.1. The molecule has 1 aromatic heterocycles. The van der Waals surface area contributed by atoms with E-state index in [1.54, 1.807) is 0 Å². The van der Waals surface area contributed by atoms with Gasteiger partial charge in [0, 0.05) is 27.8 Å². The Bertz CT molecular complexity index is 4510. The molecule has 2 heteroatoms. The molecule has 2 nitrogen and oxygen atoms in total. The molecule has 4 aliphatic rings. The molecule has 0 saturated heterocycles. The molecule has 0 N–H and O–H groups in total. The Morgan fingerprint density at radius 3 is 1.18 bits per heavy atom. The van der Waals surface area contributed by atoms with Gasteiger partial charge in [0.1, 0.15) is 0 Å². The molecule has 352 valence electrons. The number of nitrogens with zero attached hydrogens (tertiary/aromatic N) is 2. The number of hydrogen-bond acceptors (Lipinski definition) is 1. The van der Waals surface area contributed by atoms with Crippen LogP contribution < -0.4 is 4.90 Å². The van der Waals surface area contributed by atoms with Crippen molar-refractivity contribution in [3.63, 3.8) is 0 Å². The first-order valence-electron chi connectivity index (χ1n) is 26.6. The molecule has 0 fully saturated rings. The third kappa shape index (κ3) is 5.30. The van der Waals surface area contributed by atoms with E-state index in [4.69, 9.17) is 0 Å². The van der Waals surface area contributed by atoms with Crippen molar-refractivity contribution >= 4 is 38.9 Å². The molecule has 3 aliphatic carbocycles. The van der Waals surface area contributed by atoms with Crippen molar-refractivity contribution in [2.24, 2.45) is 0 Å². The maximum atomic E-state index is 2.54. The minimum atomic E-state index is -0.592. The lowest BCUT2D eigenvalue weighted by Gasteiger charge is -2.40. The zero-order chi connectivity index (χ0) is 49.7. The molecule has 12 aromatic carbocycles. The summed E-state index contributed by atoms with van der Waals surface area (Å²) in [5, 5.41) is 2.56. The third-order valence-electron chi connectivity index (χ3n) is 17.6. The van der Waals surface area contributed by atoms with Crippen LogP contribution in [0.1, 0.15) is 44.5 Å². The van der Waals surface area contributed by atoms with Crippen molar-refractivity contribution < 1.29 is 0 Å². The number of benzene rings is 12. The average Bonchev–Trinajstić information content (AvgIpc) is 4.37. The van der Waals surface area contributed by atoms with E-state index in [2.05, 4.69) is 289 Å². The number of anilines is 3. The fourth-order valence-electron chi connectivity index (χ4n) is 14.6. The summed E-state index contributed by atoms with van der Waals surface area (Å²) >= 11 is 0. The number of para-hydroxylation sites is 3. The average molecular weight is 963 g/mol. The molecule has 0 saturated carbocycles. The Kier molecular flexibility index (Phi) is 8.44. The quantitative estimate of drug-likeness (QED) is 0.167. The summed E-state index contributed by atoms with van der Waals surface area (Å²) in [6.07, 6.45) is 0. The maximum absolute atomic E-state index is 2.54. The van der Waals surface area contributed by atoms with Gasteiger partial charge < -0.3 is 9.47 Å². The predicted octanol–water partition coefficient (Wildman–Crippen LogP) is 18.6. The van der Waals surface area contributed by atoms with Crippen LogP contribution >= 0.6 is 0 Å². The second-order valence-electron chi connectivity index (χ2n) is 21.0. The zero-order valence-corrected chi connectivity index (χ0v) is 41.5. The molecule has 0 bridgehead atoms. The van der Waals surface area contributed by atoms with Crippen LogP contribution in [-0.2, 0) is 10.8 Å². The van der Waals surface area contributed by atoms with Crippen LogP contribution in [0.2, 0.25) is 0 Å². The first kappa shape index (κ1) is 41.7. The summed E-state index contributed by atoms with van der Waals surface area (Å²) < 4.78 is 2.53. The van der Waals surface area contributed by atoms with Crippen LogP contribution in [0.4, 0.5) is 17.1 Å². The van der Waals surface area contributed by atoms with E-state index in [9.17, 15) is 0 Å². The van der Waals surface area contributed by atoms with Crippen molar-refractivity contribution in [3.8, 4) is 61.3 Å². The Hall–Kier alpha value is -9.76. The number of fused-ring (bicyclic) bond motifs is 22. The van der Waals surface area contributed by atoms with E-state index in [0.717, 1.165) is 17.1 Å². The van der Waals surface area contributed by atoms with Gasteiger partial charge in [0.15, 0.2) is 0 Å². The van der Waals surface area contributed by atoms with Crippen LogP contribution in [0.15, 0.2) is 279 Å². The Morgan fingerprint density at radius 1 is 0.250 bits per heavy atom. The highest BCUT2D eigenvalue weighted by atomic mass is 15.1. The zero-order valence-electron chi connectivity index (χ0n) is 41.5. The lowest BCUT2D eigenvalue weighted by Crippen LogP contribution is -2.33. The van der Waals surface area contributed by atoms with E-state index in [1.165, 1.54) is 128 Å². The Labute approximate surface area is 441 Å². The van der Waals surface area contributed by atoms with Crippen molar-refractivity contribution in [2.45, 2.75) is 10.8 Å². The molecule has 13 aromatic rings. The van der Waals surface area contributed by atoms with E-state index in [1.807, 2.05) is 0 Å². The van der Waals surface area contributed by atoms with Crippen molar-refractivity contribution in [1.82, 2.24) is 4.57 Å². The first-order valence-corrected chi connectivity index (χ1v) is 26.6. The minimum absolute atomic E-state index is 0.483. The van der Waals surface area contributed by atoms with E-state index < -0.39 is 10.8 Å². The summed E-state index contributed by atoms with van der Waals surface area (Å²) in [7, 11) is 0. The Morgan fingerprint density at radius 2 is 0.632 bits per heavy atom. The molecular formula is C74H46N2. The molecular weight excluding hydrogens is 917 g/mol. The molecule has 1 aliphatic heterocycles. The van der Waals surface area contributed by atoms with Gasteiger partial charge in [0.25, 0.3) is 0 Å². The van der Waals surface area contributed by atoms with Gasteiger partial charge in [0.2, 0.25) is 0 Å². The van der Waals surface area contributed by atoms with Gasteiger partial charge in [-0.05, 0) is 149 Å². The van der Waals surface area contributed by atoms with Gasteiger partial charge in [-0.15, -0.1) is 0 Å².